The van der Waals surface area contributed by atoms with Crippen LogP contribution in [0, 0.1) is 13.8 Å². The normalized spacial score (nSPS) is 12.2. The summed E-state index contributed by atoms with van der Waals surface area (Å²) < 4.78 is 5.86. The van der Waals surface area contributed by atoms with Crippen LogP contribution >= 0.6 is 0 Å². The van der Waals surface area contributed by atoms with Crippen LogP contribution in [-0.4, -0.2) is 6.61 Å². The van der Waals surface area contributed by atoms with Crippen LogP contribution in [0.2, 0.25) is 0 Å². The summed E-state index contributed by atoms with van der Waals surface area (Å²) in [4.78, 5) is 0. The predicted molar refractivity (Wildman–Crippen MR) is 74.8 cm³/mol. The van der Waals surface area contributed by atoms with Crippen molar-refractivity contribution in [2.45, 2.75) is 19.9 Å². The van der Waals surface area contributed by atoms with E-state index in [9.17, 15) is 0 Å². The second-order valence-electron chi connectivity index (χ2n) is 4.55. The van der Waals surface area contributed by atoms with E-state index < -0.39 is 0 Å². The molecule has 2 N–H and O–H groups in total. The quantitative estimate of drug-likeness (QED) is 0.890. The summed E-state index contributed by atoms with van der Waals surface area (Å²) in [7, 11) is 0. The van der Waals surface area contributed by atoms with Crippen LogP contribution in [0.3, 0.4) is 0 Å². The molecule has 0 radical (unpaired) electrons. The lowest BCUT2D eigenvalue weighted by molar-refractivity contribution is 0.287. The third-order valence-electron chi connectivity index (χ3n) is 3.04. The van der Waals surface area contributed by atoms with Crippen LogP contribution in [0.5, 0.6) is 5.75 Å². The van der Waals surface area contributed by atoms with E-state index in [-0.39, 0.29) is 6.04 Å². The fraction of sp³-hybridized carbons (Fsp3) is 0.250. The molecule has 94 valence electrons. The van der Waals surface area contributed by atoms with Crippen molar-refractivity contribution in [1.29, 1.82) is 0 Å². The highest BCUT2D eigenvalue weighted by Crippen LogP contribution is 2.23. The van der Waals surface area contributed by atoms with E-state index in [1.807, 2.05) is 36.4 Å². The summed E-state index contributed by atoms with van der Waals surface area (Å²) in [6, 6.07) is 16.1. The van der Waals surface area contributed by atoms with Crippen LogP contribution in [0.15, 0.2) is 48.5 Å². The Balaban J connectivity index is 2.04. The molecule has 0 aromatic heterocycles. The van der Waals surface area contributed by atoms with Crippen molar-refractivity contribution >= 4 is 0 Å². The molecule has 2 nitrogen and oxygen atoms in total. The Labute approximate surface area is 108 Å². The van der Waals surface area contributed by atoms with Gasteiger partial charge in [0.05, 0.1) is 6.04 Å². The van der Waals surface area contributed by atoms with E-state index in [0.717, 1.165) is 22.4 Å². The molecule has 2 aromatic rings. The Morgan fingerprint density at radius 3 is 2.17 bits per heavy atom. The second-order valence-corrected chi connectivity index (χ2v) is 4.55. The SMILES string of the molecule is Cc1cccc(C)c1OC[C@H](N)c1ccccc1. The van der Waals surface area contributed by atoms with Gasteiger partial charge in [-0.25, -0.2) is 0 Å². The summed E-state index contributed by atoms with van der Waals surface area (Å²) in [6.07, 6.45) is 0. The van der Waals surface area contributed by atoms with Gasteiger partial charge in [0.2, 0.25) is 0 Å². The molecule has 0 aliphatic rings. The van der Waals surface area contributed by atoms with Gasteiger partial charge in [0.15, 0.2) is 0 Å². The summed E-state index contributed by atoms with van der Waals surface area (Å²) >= 11 is 0. The molecule has 0 unspecified atom stereocenters. The van der Waals surface area contributed by atoms with Gasteiger partial charge in [-0.05, 0) is 30.5 Å². The van der Waals surface area contributed by atoms with E-state index >= 15 is 0 Å². The van der Waals surface area contributed by atoms with Crippen molar-refractivity contribution in [3.63, 3.8) is 0 Å². The maximum atomic E-state index is 6.12. The first kappa shape index (κ1) is 12.7. The highest BCUT2D eigenvalue weighted by Gasteiger charge is 2.08. The molecule has 0 heterocycles. The number of hydrogen-bond acceptors (Lipinski definition) is 2. The van der Waals surface area contributed by atoms with Crippen molar-refractivity contribution < 1.29 is 4.74 Å². The largest absolute Gasteiger partial charge is 0.491 e. The number of hydrogen-bond donors (Lipinski definition) is 1. The zero-order valence-electron chi connectivity index (χ0n) is 10.9. The molecule has 0 bridgehead atoms. The van der Waals surface area contributed by atoms with Crippen LogP contribution < -0.4 is 10.5 Å². The first-order valence-corrected chi connectivity index (χ1v) is 6.18. The van der Waals surface area contributed by atoms with Gasteiger partial charge in [0.25, 0.3) is 0 Å². The Morgan fingerprint density at radius 2 is 1.56 bits per heavy atom. The molecule has 2 aromatic carbocycles. The molecular formula is C16H19NO. The zero-order chi connectivity index (χ0) is 13.0. The van der Waals surface area contributed by atoms with E-state index in [2.05, 4.69) is 26.0 Å². The average Bonchev–Trinajstić information content (AvgIpc) is 2.39. The van der Waals surface area contributed by atoms with Gasteiger partial charge in [-0.2, -0.15) is 0 Å². The molecule has 2 heteroatoms. The van der Waals surface area contributed by atoms with Gasteiger partial charge in [-0.1, -0.05) is 48.5 Å². The smallest absolute Gasteiger partial charge is 0.125 e. The van der Waals surface area contributed by atoms with Crippen LogP contribution in [0.4, 0.5) is 0 Å². The Bertz CT molecular complexity index is 488. The number of aryl methyl sites for hydroxylation is 2. The summed E-state index contributed by atoms with van der Waals surface area (Å²) in [5.41, 5.74) is 9.52. The topological polar surface area (TPSA) is 35.2 Å². The van der Waals surface area contributed by atoms with E-state index in [0.29, 0.717) is 6.61 Å². The number of ether oxygens (including phenoxy) is 1. The Hall–Kier alpha value is -1.80. The molecule has 0 amide bonds. The molecule has 0 fully saturated rings. The fourth-order valence-electron chi connectivity index (χ4n) is 2.00. The van der Waals surface area contributed by atoms with Gasteiger partial charge in [-0.15, -0.1) is 0 Å². The van der Waals surface area contributed by atoms with Crippen molar-refractivity contribution in [1.82, 2.24) is 0 Å². The Kier molecular flexibility index (Phi) is 4.00. The van der Waals surface area contributed by atoms with Gasteiger partial charge < -0.3 is 10.5 Å². The number of rotatable bonds is 4. The second kappa shape index (κ2) is 5.69. The van der Waals surface area contributed by atoms with Gasteiger partial charge in [0, 0.05) is 0 Å². The van der Waals surface area contributed by atoms with Crippen LogP contribution in [-0.2, 0) is 0 Å². The van der Waals surface area contributed by atoms with Crippen LogP contribution in [0.25, 0.3) is 0 Å². The van der Waals surface area contributed by atoms with Crippen LogP contribution in [0.1, 0.15) is 22.7 Å². The van der Waals surface area contributed by atoms with E-state index in [4.69, 9.17) is 10.5 Å². The molecule has 0 saturated heterocycles. The maximum absolute atomic E-state index is 6.12. The standard InChI is InChI=1S/C16H19NO/c1-12-7-6-8-13(2)16(12)18-11-15(17)14-9-4-3-5-10-14/h3-10,15H,11,17H2,1-2H3/t15-/m0/s1. The van der Waals surface area contributed by atoms with Crippen molar-refractivity contribution in [2.75, 3.05) is 6.61 Å². The molecule has 2 rings (SSSR count). The molecule has 0 aliphatic heterocycles. The lowest BCUT2D eigenvalue weighted by atomic mass is 10.1. The minimum absolute atomic E-state index is 0.0924. The molecule has 0 saturated carbocycles. The number of nitrogens with two attached hydrogens (primary N) is 1. The van der Waals surface area contributed by atoms with E-state index in [1.165, 1.54) is 0 Å². The lowest BCUT2D eigenvalue weighted by Crippen LogP contribution is -2.19. The van der Waals surface area contributed by atoms with Gasteiger partial charge in [-0.3, -0.25) is 0 Å². The highest BCUT2D eigenvalue weighted by atomic mass is 16.5. The minimum Gasteiger partial charge on any atom is -0.491 e. The summed E-state index contributed by atoms with van der Waals surface area (Å²) in [5.74, 6) is 0.948. The number of para-hydroxylation sites is 1. The van der Waals surface area contributed by atoms with Crippen molar-refractivity contribution in [3.05, 3.63) is 65.2 Å². The lowest BCUT2D eigenvalue weighted by Gasteiger charge is -2.16. The first-order valence-electron chi connectivity index (χ1n) is 6.18. The van der Waals surface area contributed by atoms with Gasteiger partial charge >= 0.3 is 0 Å². The molecule has 0 aliphatic carbocycles. The maximum Gasteiger partial charge on any atom is 0.125 e. The molecule has 1 atom stereocenters. The summed E-state index contributed by atoms with van der Waals surface area (Å²) in [6.45, 7) is 4.60. The highest BCUT2D eigenvalue weighted by molar-refractivity contribution is 5.39. The molecular weight excluding hydrogens is 222 g/mol. The monoisotopic (exact) mass is 241 g/mol. The number of benzene rings is 2. The fourth-order valence-corrected chi connectivity index (χ4v) is 2.00. The van der Waals surface area contributed by atoms with E-state index in [1.54, 1.807) is 0 Å². The first-order chi connectivity index (χ1) is 8.68. The summed E-state index contributed by atoms with van der Waals surface area (Å²) in [5, 5.41) is 0. The third-order valence-corrected chi connectivity index (χ3v) is 3.04. The Morgan fingerprint density at radius 1 is 0.944 bits per heavy atom. The van der Waals surface area contributed by atoms with Gasteiger partial charge in [0.1, 0.15) is 12.4 Å². The van der Waals surface area contributed by atoms with Crippen molar-refractivity contribution in [3.8, 4) is 5.75 Å². The minimum atomic E-state index is -0.0924. The zero-order valence-corrected chi connectivity index (χ0v) is 10.9. The third kappa shape index (κ3) is 2.90. The van der Waals surface area contributed by atoms with Crippen molar-refractivity contribution in [2.24, 2.45) is 5.73 Å². The molecule has 0 spiro atoms. The predicted octanol–water partition coefficient (Wildman–Crippen LogP) is 3.38. The molecule has 18 heavy (non-hydrogen) atoms. The average molecular weight is 241 g/mol.